The number of thioether (sulfide) groups is 1. The van der Waals surface area contributed by atoms with Gasteiger partial charge >= 0.3 is 0 Å². The van der Waals surface area contributed by atoms with Gasteiger partial charge in [0.05, 0.1) is 0 Å². The molecule has 4 nitrogen and oxygen atoms in total. The molecule has 0 fully saturated rings. The van der Waals surface area contributed by atoms with Crippen molar-refractivity contribution < 1.29 is 0 Å². The largest absolute Gasteiger partial charge is 0.370 e. The Morgan fingerprint density at radius 2 is 1.71 bits per heavy atom. The van der Waals surface area contributed by atoms with Crippen LogP contribution in [0.4, 0.5) is 11.6 Å². The molecule has 1 heterocycles. The Bertz CT molecular complexity index is 385. The minimum atomic E-state index is 0.891. The van der Waals surface area contributed by atoms with Crippen molar-refractivity contribution in [1.29, 1.82) is 0 Å². The summed E-state index contributed by atoms with van der Waals surface area (Å²) < 4.78 is 0. The standard InChI is InChI=1S/C16H30N4S/c1-4-10-14-15(17-5-2)19-13-20-16(14)18-11-8-6-7-9-12-21-3/h13H,4-12H2,1-3H3,(H2,17,18,19,20). The summed E-state index contributed by atoms with van der Waals surface area (Å²) in [5, 5.41) is 6.82. The molecule has 0 aliphatic rings. The van der Waals surface area contributed by atoms with Gasteiger partial charge in [0, 0.05) is 18.7 Å². The quantitative estimate of drug-likeness (QED) is 0.567. The van der Waals surface area contributed by atoms with Gasteiger partial charge in [-0.2, -0.15) is 11.8 Å². The monoisotopic (exact) mass is 310 g/mol. The van der Waals surface area contributed by atoms with Gasteiger partial charge in [0.1, 0.15) is 18.0 Å². The average Bonchev–Trinajstić information content (AvgIpc) is 2.49. The maximum Gasteiger partial charge on any atom is 0.134 e. The highest BCUT2D eigenvalue weighted by Crippen LogP contribution is 2.21. The molecule has 0 unspecified atom stereocenters. The fraction of sp³-hybridized carbons (Fsp3) is 0.750. The van der Waals surface area contributed by atoms with Gasteiger partial charge < -0.3 is 10.6 Å². The SMILES string of the molecule is CCCc1c(NCC)ncnc1NCCCCCCSC. The van der Waals surface area contributed by atoms with E-state index in [0.29, 0.717) is 0 Å². The summed E-state index contributed by atoms with van der Waals surface area (Å²) in [4.78, 5) is 8.78. The predicted octanol–water partition coefficient (Wildman–Crippen LogP) is 4.20. The van der Waals surface area contributed by atoms with E-state index in [0.717, 1.165) is 37.6 Å². The Hall–Kier alpha value is -0.970. The summed E-state index contributed by atoms with van der Waals surface area (Å²) in [5.74, 6) is 3.27. The van der Waals surface area contributed by atoms with E-state index in [4.69, 9.17) is 0 Å². The average molecular weight is 311 g/mol. The van der Waals surface area contributed by atoms with Gasteiger partial charge in [-0.15, -0.1) is 0 Å². The highest BCUT2D eigenvalue weighted by atomic mass is 32.2. The zero-order chi connectivity index (χ0) is 15.3. The van der Waals surface area contributed by atoms with Crippen LogP contribution in [-0.4, -0.2) is 35.1 Å². The molecule has 0 saturated carbocycles. The molecular weight excluding hydrogens is 280 g/mol. The van der Waals surface area contributed by atoms with Crippen LogP contribution in [0, 0.1) is 0 Å². The fourth-order valence-corrected chi connectivity index (χ4v) is 2.80. The Morgan fingerprint density at radius 3 is 2.38 bits per heavy atom. The first-order valence-electron chi connectivity index (χ1n) is 8.14. The molecule has 5 heteroatoms. The van der Waals surface area contributed by atoms with Crippen molar-refractivity contribution >= 4 is 23.4 Å². The lowest BCUT2D eigenvalue weighted by Gasteiger charge is -2.14. The van der Waals surface area contributed by atoms with Crippen molar-refractivity contribution in [3.63, 3.8) is 0 Å². The second-order valence-corrected chi connectivity index (χ2v) is 6.15. The van der Waals surface area contributed by atoms with E-state index >= 15 is 0 Å². The molecule has 0 amide bonds. The van der Waals surface area contributed by atoms with E-state index in [1.54, 1.807) is 6.33 Å². The molecule has 1 aromatic heterocycles. The molecule has 0 atom stereocenters. The summed E-state index contributed by atoms with van der Waals surface area (Å²) in [6.07, 6.45) is 11.1. The Kier molecular flexibility index (Phi) is 10.0. The van der Waals surface area contributed by atoms with Gasteiger partial charge in [-0.05, 0) is 38.2 Å². The Morgan fingerprint density at radius 1 is 1.00 bits per heavy atom. The van der Waals surface area contributed by atoms with Gasteiger partial charge in [-0.25, -0.2) is 9.97 Å². The fourth-order valence-electron chi connectivity index (χ4n) is 2.30. The van der Waals surface area contributed by atoms with E-state index in [1.807, 2.05) is 11.8 Å². The molecule has 0 aromatic carbocycles. The summed E-state index contributed by atoms with van der Waals surface area (Å²) in [6.45, 7) is 6.18. The van der Waals surface area contributed by atoms with Crippen molar-refractivity contribution in [3.05, 3.63) is 11.9 Å². The summed E-state index contributed by atoms with van der Waals surface area (Å²) in [5.41, 5.74) is 1.23. The number of aromatic nitrogens is 2. The molecule has 21 heavy (non-hydrogen) atoms. The van der Waals surface area contributed by atoms with Crippen LogP contribution in [0.2, 0.25) is 0 Å². The summed E-state index contributed by atoms with van der Waals surface area (Å²) >= 11 is 1.94. The van der Waals surface area contributed by atoms with Crippen molar-refractivity contribution in [2.24, 2.45) is 0 Å². The number of anilines is 2. The molecule has 0 bridgehead atoms. The minimum absolute atomic E-state index is 0.891. The molecule has 2 N–H and O–H groups in total. The van der Waals surface area contributed by atoms with Crippen LogP contribution in [0.15, 0.2) is 6.33 Å². The van der Waals surface area contributed by atoms with E-state index in [2.05, 4.69) is 40.7 Å². The number of hydrogen-bond donors (Lipinski definition) is 2. The van der Waals surface area contributed by atoms with Crippen LogP contribution in [-0.2, 0) is 6.42 Å². The molecule has 0 spiro atoms. The molecule has 1 aromatic rings. The van der Waals surface area contributed by atoms with Crippen molar-refractivity contribution in [2.75, 3.05) is 35.7 Å². The van der Waals surface area contributed by atoms with Gasteiger partial charge in [0.15, 0.2) is 0 Å². The van der Waals surface area contributed by atoms with Crippen LogP contribution < -0.4 is 10.6 Å². The van der Waals surface area contributed by atoms with Crippen LogP contribution in [0.25, 0.3) is 0 Å². The third-order valence-electron chi connectivity index (χ3n) is 3.36. The first-order valence-corrected chi connectivity index (χ1v) is 9.53. The van der Waals surface area contributed by atoms with Gasteiger partial charge in [0.2, 0.25) is 0 Å². The molecule has 0 aliphatic carbocycles. The second-order valence-electron chi connectivity index (χ2n) is 5.16. The van der Waals surface area contributed by atoms with Crippen LogP contribution >= 0.6 is 11.8 Å². The number of nitrogens with one attached hydrogen (secondary N) is 2. The third kappa shape index (κ3) is 7.02. The van der Waals surface area contributed by atoms with Crippen LogP contribution in [0.3, 0.4) is 0 Å². The highest BCUT2D eigenvalue weighted by molar-refractivity contribution is 7.98. The normalized spacial score (nSPS) is 10.6. The van der Waals surface area contributed by atoms with Gasteiger partial charge in [-0.1, -0.05) is 26.2 Å². The van der Waals surface area contributed by atoms with Gasteiger partial charge in [0.25, 0.3) is 0 Å². The summed E-state index contributed by atoms with van der Waals surface area (Å²) in [7, 11) is 0. The van der Waals surface area contributed by atoms with Crippen LogP contribution in [0.1, 0.15) is 51.5 Å². The van der Waals surface area contributed by atoms with Crippen molar-refractivity contribution in [1.82, 2.24) is 9.97 Å². The number of nitrogens with zero attached hydrogens (tertiary/aromatic N) is 2. The lowest BCUT2D eigenvalue weighted by atomic mass is 10.1. The van der Waals surface area contributed by atoms with E-state index in [1.165, 1.54) is 37.0 Å². The molecule has 1 rings (SSSR count). The summed E-state index contributed by atoms with van der Waals surface area (Å²) in [6, 6.07) is 0. The third-order valence-corrected chi connectivity index (χ3v) is 4.05. The van der Waals surface area contributed by atoms with Gasteiger partial charge in [-0.3, -0.25) is 0 Å². The van der Waals surface area contributed by atoms with Crippen LogP contribution in [0.5, 0.6) is 0 Å². The topological polar surface area (TPSA) is 49.8 Å². The first kappa shape index (κ1) is 18.1. The number of rotatable bonds is 12. The molecule has 0 radical (unpaired) electrons. The first-order chi connectivity index (χ1) is 10.3. The zero-order valence-electron chi connectivity index (χ0n) is 13.7. The molecule has 0 aliphatic heterocycles. The highest BCUT2D eigenvalue weighted by Gasteiger charge is 2.09. The number of hydrogen-bond acceptors (Lipinski definition) is 5. The number of unbranched alkanes of at least 4 members (excludes halogenated alkanes) is 3. The maximum absolute atomic E-state index is 4.42. The molecule has 0 saturated heterocycles. The predicted molar refractivity (Wildman–Crippen MR) is 95.5 cm³/mol. The maximum atomic E-state index is 4.42. The second kappa shape index (κ2) is 11.7. The van der Waals surface area contributed by atoms with E-state index in [9.17, 15) is 0 Å². The molecule has 120 valence electrons. The van der Waals surface area contributed by atoms with E-state index < -0.39 is 0 Å². The smallest absolute Gasteiger partial charge is 0.134 e. The lowest BCUT2D eigenvalue weighted by molar-refractivity contribution is 0.687. The van der Waals surface area contributed by atoms with E-state index in [-0.39, 0.29) is 0 Å². The Balaban J connectivity index is 2.44. The minimum Gasteiger partial charge on any atom is -0.370 e. The Labute approximate surface area is 133 Å². The lowest BCUT2D eigenvalue weighted by Crippen LogP contribution is -2.11. The molecular formula is C16H30N4S. The van der Waals surface area contributed by atoms with Crippen molar-refractivity contribution in [3.8, 4) is 0 Å². The van der Waals surface area contributed by atoms with Crippen molar-refractivity contribution in [2.45, 2.75) is 52.4 Å². The zero-order valence-corrected chi connectivity index (χ0v) is 14.6.